The Morgan fingerprint density at radius 2 is 2.17 bits per heavy atom. The molecule has 10 heteroatoms. The molecule has 9 nitrogen and oxygen atoms in total. The van der Waals surface area contributed by atoms with Crippen LogP contribution in [0.3, 0.4) is 0 Å². The standard InChI is InChI=1S/C19H23N5O4S/c1-5-13-17-16(18(26)23(4)22-13)15(19(27)24-7-11(25)8-28-24)14(29-17)6-12-9(2)20-21-10(12)3/h11,25H,5-8H2,1-4H3,(H,20,21)/t11-/m0/s1. The second kappa shape index (κ2) is 7.36. The maximum Gasteiger partial charge on any atom is 0.279 e. The molecular weight excluding hydrogens is 394 g/mol. The van der Waals surface area contributed by atoms with E-state index in [1.54, 1.807) is 7.05 Å². The summed E-state index contributed by atoms with van der Waals surface area (Å²) in [5, 5.41) is 22.9. The van der Waals surface area contributed by atoms with Crippen LogP contribution in [0.25, 0.3) is 10.1 Å². The lowest BCUT2D eigenvalue weighted by molar-refractivity contribution is -0.0778. The Morgan fingerprint density at radius 3 is 2.76 bits per heavy atom. The number of H-pyrrole nitrogens is 1. The van der Waals surface area contributed by atoms with Crippen molar-refractivity contribution < 1.29 is 14.7 Å². The number of aliphatic hydroxyl groups is 1. The number of hydroxylamine groups is 2. The van der Waals surface area contributed by atoms with Gasteiger partial charge in [0, 0.05) is 29.6 Å². The smallest absolute Gasteiger partial charge is 0.279 e. The van der Waals surface area contributed by atoms with Crippen molar-refractivity contribution in [3.8, 4) is 0 Å². The van der Waals surface area contributed by atoms with Crippen LogP contribution in [0.1, 0.15) is 44.8 Å². The van der Waals surface area contributed by atoms with E-state index in [1.165, 1.54) is 16.0 Å². The van der Waals surface area contributed by atoms with Gasteiger partial charge < -0.3 is 5.11 Å². The molecule has 0 unspecified atom stereocenters. The fourth-order valence-corrected chi connectivity index (χ4v) is 4.98. The third-order valence-electron chi connectivity index (χ3n) is 5.21. The number of aryl methyl sites for hydroxylation is 4. The number of hydrogen-bond donors (Lipinski definition) is 2. The number of aromatic nitrogens is 4. The summed E-state index contributed by atoms with van der Waals surface area (Å²) >= 11 is 1.42. The van der Waals surface area contributed by atoms with Gasteiger partial charge in [-0.3, -0.25) is 19.5 Å². The fourth-order valence-electron chi connectivity index (χ4n) is 3.64. The van der Waals surface area contributed by atoms with Gasteiger partial charge in [-0.05, 0) is 20.3 Å². The largest absolute Gasteiger partial charge is 0.389 e. The topological polar surface area (TPSA) is 113 Å². The number of hydrogen-bond acceptors (Lipinski definition) is 7. The van der Waals surface area contributed by atoms with Gasteiger partial charge in [-0.2, -0.15) is 10.2 Å². The molecule has 1 amide bonds. The number of carbonyl (C=O) groups excluding carboxylic acids is 1. The third kappa shape index (κ3) is 3.26. The molecule has 0 aliphatic carbocycles. The van der Waals surface area contributed by atoms with Crippen molar-refractivity contribution in [1.29, 1.82) is 0 Å². The van der Waals surface area contributed by atoms with Crippen LogP contribution in [0.4, 0.5) is 0 Å². The average Bonchev–Trinajstić information content (AvgIpc) is 3.38. The van der Waals surface area contributed by atoms with E-state index in [-0.39, 0.29) is 18.7 Å². The lowest BCUT2D eigenvalue weighted by atomic mass is 10.0. The minimum Gasteiger partial charge on any atom is -0.389 e. The van der Waals surface area contributed by atoms with Crippen LogP contribution in [0.15, 0.2) is 4.79 Å². The van der Waals surface area contributed by atoms with E-state index in [1.807, 2.05) is 20.8 Å². The van der Waals surface area contributed by atoms with Crippen LogP contribution >= 0.6 is 11.3 Å². The maximum atomic E-state index is 13.4. The molecule has 0 saturated carbocycles. The molecule has 1 saturated heterocycles. The number of rotatable bonds is 4. The predicted molar refractivity (Wildman–Crippen MR) is 108 cm³/mol. The number of β-amino-alcohol motifs (C(OH)–C–C–N with tert-alkyl or cyclic N) is 1. The van der Waals surface area contributed by atoms with Crippen molar-refractivity contribution in [3.05, 3.63) is 43.4 Å². The first-order valence-electron chi connectivity index (χ1n) is 9.46. The molecule has 3 aromatic heterocycles. The lowest BCUT2D eigenvalue weighted by Gasteiger charge is -2.15. The molecule has 0 aromatic carbocycles. The Morgan fingerprint density at radius 1 is 1.41 bits per heavy atom. The van der Waals surface area contributed by atoms with E-state index in [2.05, 4.69) is 15.3 Å². The van der Waals surface area contributed by atoms with E-state index >= 15 is 0 Å². The first-order chi connectivity index (χ1) is 13.8. The molecule has 0 radical (unpaired) electrons. The van der Waals surface area contributed by atoms with Gasteiger partial charge in [0.25, 0.3) is 11.5 Å². The Hall–Kier alpha value is -2.56. The second-order valence-electron chi connectivity index (χ2n) is 7.24. The maximum absolute atomic E-state index is 13.4. The van der Waals surface area contributed by atoms with Crippen LogP contribution in [-0.2, 0) is 24.7 Å². The Balaban J connectivity index is 1.95. The van der Waals surface area contributed by atoms with Crippen molar-refractivity contribution in [2.24, 2.45) is 7.05 Å². The van der Waals surface area contributed by atoms with Crippen LogP contribution in [0, 0.1) is 13.8 Å². The van der Waals surface area contributed by atoms with E-state index in [0.717, 1.165) is 37.3 Å². The van der Waals surface area contributed by atoms with Gasteiger partial charge in [0.05, 0.1) is 33.6 Å². The molecule has 1 aliphatic heterocycles. The highest BCUT2D eigenvalue weighted by Gasteiger charge is 2.33. The number of thiophene rings is 1. The Bertz CT molecular complexity index is 1140. The molecule has 4 rings (SSSR count). The average molecular weight is 417 g/mol. The number of nitrogens with one attached hydrogen (secondary N) is 1. The molecule has 1 aliphatic rings. The quantitative estimate of drug-likeness (QED) is 0.660. The molecule has 0 spiro atoms. The zero-order valence-electron chi connectivity index (χ0n) is 16.8. The number of aromatic amines is 1. The SMILES string of the molecule is CCc1nn(C)c(=O)c2c(C(=O)N3C[C@H](O)CO3)c(Cc3c(C)n[nH]c3C)sc12. The zero-order chi connectivity index (χ0) is 20.9. The van der Waals surface area contributed by atoms with Crippen LogP contribution < -0.4 is 5.56 Å². The van der Waals surface area contributed by atoms with Gasteiger partial charge in [0.2, 0.25) is 0 Å². The van der Waals surface area contributed by atoms with Crippen molar-refractivity contribution in [3.63, 3.8) is 0 Å². The van der Waals surface area contributed by atoms with E-state index in [4.69, 9.17) is 4.84 Å². The number of amides is 1. The van der Waals surface area contributed by atoms with Crippen molar-refractivity contribution in [1.82, 2.24) is 25.0 Å². The lowest BCUT2D eigenvalue weighted by Crippen LogP contribution is -2.30. The summed E-state index contributed by atoms with van der Waals surface area (Å²) in [4.78, 5) is 32.5. The van der Waals surface area contributed by atoms with Crippen LogP contribution in [0.2, 0.25) is 0 Å². The van der Waals surface area contributed by atoms with Gasteiger partial charge in [0.15, 0.2) is 0 Å². The summed E-state index contributed by atoms with van der Waals surface area (Å²) in [6.07, 6.45) is 0.374. The highest BCUT2D eigenvalue weighted by atomic mass is 32.1. The van der Waals surface area contributed by atoms with E-state index in [0.29, 0.717) is 23.8 Å². The second-order valence-corrected chi connectivity index (χ2v) is 8.34. The fraction of sp³-hybridized carbons (Fsp3) is 0.474. The van der Waals surface area contributed by atoms with E-state index < -0.39 is 12.0 Å². The van der Waals surface area contributed by atoms with Crippen molar-refractivity contribution >= 4 is 27.3 Å². The van der Waals surface area contributed by atoms with Crippen molar-refractivity contribution in [2.75, 3.05) is 13.2 Å². The van der Waals surface area contributed by atoms with Crippen LogP contribution in [-0.4, -0.2) is 55.3 Å². The van der Waals surface area contributed by atoms with Gasteiger partial charge in [-0.25, -0.2) is 9.75 Å². The Labute approximate surface area is 170 Å². The first-order valence-corrected chi connectivity index (χ1v) is 10.3. The monoisotopic (exact) mass is 417 g/mol. The molecule has 154 valence electrons. The summed E-state index contributed by atoms with van der Waals surface area (Å²) in [5.74, 6) is -0.410. The molecular formula is C19H23N5O4S. The van der Waals surface area contributed by atoms with Gasteiger partial charge in [-0.1, -0.05) is 6.92 Å². The number of nitrogens with zero attached hydrogens (tertiary/aromatic N) is 4. The number of aliphatic hydroxyl groups excluding tert-OH is 1. The number of fused-ring (bicyclic) bond motifs is 1. The molecule has 4 heterocycles. The van der Waals surface area contributed by atoms with Crippen LogP contribution in [0.5, 0.6) is 0 Å². The highest BCUT2D eigenvalue weighted by Crippen LogP contribution is 2.35. The van der Waals surface area contributed by atoms with Gasteiger partial charge in [-0.15, -0.1) is 11.3 Å². The van der Waals surface area contributed by atoms with E-state index in [9.17, 15) is 14.7 Å². The molecule has 1 atom stereocenters. The normalized spacial score (nSPS) is 16.9. The summed E-state index contributed by atoms with van der Waals surface area (Å²) in [5.41, 5.74) is 3.56. The number of carbonyl (C=O) groups is 1. The zero-order valence-corrected chi connectivity index (χ0v) is 17.6. The predicted octanol–water partition coefficient (Wildman–Crippen LogP) is 1.24. The summed E-state index contributed by atoms with van der Waals surface area (Å²) in [6.45, 7) is 5.94. The minimum atomic E-state index is -0.735. The Kier molecular flexibility index (Phi) is 5.01. The van der Waals surface area contributed by atoms with Gasteiger partial charge >= 0.3 is 0 Å². The summed E-state index contributed by atoms with van der Waals surface area (Å²) < 4.78 is 2.01. The molecule has 2 N–H and O–H groups in total. The minimum absolute atomic E-state index is 0.0584. The summed E-state index contributed by atoms with van der Waals surface area (Å²) in [7, 11) is 1.59. The molecule has 3 aromatic rings. The first kappa shape index (κ1) is 19.7. The summed E-state index contributed by atoms with van der Waals surface area (Å²) in [6, 6.07) is 0. The molecule has 1 fully saturated rings. The highest BCUT2D eigenvalue weighted by molar-refractivity contribution is 7.19. The molecule has 29 heavy (non-hydrogen) atoms. The van der Waals surface area contributed by atoms with Gasteiger partial charge in [0.1, 0.15) is 12.7 Å². The van der Waals surface area contributed by atoms with Crippen molar-refractivity contribution in [2.45, 2.75) is 39.7 Å². The molecule has 0 bridgehead atoms. The third-order valence-corrected chi connectivity index (χ3v) is 6.45.